The quantitative estimate of drug-likeness (QED) is 0.759. The lowest BCUT2D eigenvalue weighted by molar-refractivity contribution is 0.340. The molecule has 75 valence electrons. The molecule has 3 heteroatoms. The summed E-state index contributed by atoms with van der Waals surface area (Å²) in [5, 5.41) is 0. The van der Waals surface area contributed by atoms with E-state index in [-0.39, 0.29) is 0 Å². The number of rotatable bonds is 5. The minimum Gasteiger partial charge on any atom is -0.494 e. The summed E-state index contributed by atoms with van der Waals surface area (Å²) in [7, 11) is 0. The second-order valence-corrected chi connectivity index (χ2v) is 3.01. The number of benzene rings is 1. The van der Waals surface area contributed by atoms with Crippen molar-refractivity contribution in [2.24, 2.45) is 5.73 Å². The third kappa shape index (κ3) is 3.18. The summed E-state index contributed by atoms with van der Waals surface area (Å²) in [5.74, 6) is 0.833. The fourth-order valence-electron chi connectivity index (χ4n) is 1.18. The van der Waals surface area contributed by atoms with Gasteiger partial charge in [-0.25, -0.2) is 0 Å². The Morgan fingerprint density at radius 3 is 2.57 bits per heavy atom. The van der Waals surface area contributed by atoms with Crippen LogP contribution in [-0.2, 0) is 11.2 Å². The van der Waals surface area contributed by atoms with Crippen molar-refractivity contribution in [3.8, 4) is 5.75 Å². The van der Waals surface area contributed by atoms with Gasteiger partial charge in [-0.1, -0.05) is 12.1 Å². The highest BCUT2D eigenvalue weighted by Gasteiger charge is 2.02. The van der Waals surface area contributed by atoms with Crippen LogP contribution in [0.25, 0.3) is 0 Å². The van der Waals surface area contributed by atoms with Crippen molar-refractivity contribution in [1.82, 2.24) is 0 Å². The van der Waals surface area contributed by atoms with Crippen LogP contribution in [0.15, 0.2) is 24.3 Å². The molecule has 1 atom stereocenters. The normalized spacial score (nSPS) is 12.1. The van der Waals surface area contributed by atoms with Crippen LogP contribution in [0.2, 0.25) is 0 Å². The molecular formula is C11H14NO2. The van der Waals surface area contributed by atoms with Gasteiger partial charge in [0.2, 0.25) is 6.29 Å². The van der Waals surface area contributed by atoms with Crippen molar-refractivity contribution in [2.75, 3.05) is 6.61 Å². The highest BCUT2D eigenvalue weighted by Crippen LogP contribution is 2.12. The number of hydrogen-bond acceptors (Lipinski definition) is 3. The van der Waals surface area contributed by atoms with Gasteiger partial charge in [0.15, 0.2) is 0 Å². The van der Waals surface area contributed by atoms with Gasteiger partial charge in [-0.15, -0.1) is 0 Å². The van der Waals surface area contributed by atoms with Gasteiger partial charge in [-0.05, 0) is 31.0 Å². The molecule has 14 heavy (non-hydrogen) atoms. The number of carbonyl (C=O) groups excluding carboxylic acids is 1. The summed E-state index contributed by atoms with van der Waals surface area (Å²) in [6.07, 6.45) is 2.27. The lowest BCUT2D eigenvalue weighted by Crippen LogP contribution is -2.23. The smallest absolute Gasteiger partial charge is 0.217 e. The first-order valence-electron chi connectivity index (χ1n) is 4.61. The van der Waals surface area contributed by atoms with Crippen LogP contribution in [0.3, 0.4) is 0 Å². The average Bonchev–Trinajstić information content (AvgIpc) is 2.21. The number of ether oxygens (including phenoxy) is 1. The van der Waals surface area contributed by atoms with E-state index >= 15 is 0 Å². The molecule has 0 amide bonds. The largest absolute Gasteiger partial charge is 0.494 e. The predicted octanol–water partition coefficient (Wildman–Crippen LogP) is 1.06. The molecule has 0 saturated carbocycles. The van der Waals surface area contributed by atoms with Crippen molar-refractivity contribution in [2.45, 2.75) is 19.4 Å². The molecule has 2 N–H and O–H groups in total. The molecule has 3 nitrogen and oxygen atoms in total. The van der Waals surface area contributed by atoms with Crippen molar-refractivity contribution < 1.29 is 9.53 Å². The minimum absolute atomic E-state index is 0.524. The molecule has 0 fully saturated rings. The Morgan fingerprint density at radius 2 is 2.07 bits per heavy atom. The maximum atomic E-state index is 10.2. The van der Waals surface area contributed by atoms with E-state index in [1.807, 2.05) is 31.2 Å². The van der Waals surface area contributed by atoms with E-state index in [1.165, 1.54) is 0 Å². The highest BCUT2D eigenvalue weighted by atomic mass is 16.5. The van der Waals surface area contributed by atoms with Gasteiger partial charge < -0.3 is 10.5 Å². The van der Waals surface area contributed by atoms with Crippen LogP contribution >= 0.6 is 0 Å². The Hall–Kier alpha value is -1.35. The highest BCUT2D eigenvalue weighted by molar-refractivity contribution is 5.58. The van der Waals surface area contributed by atoms with E-state index in [1.54, 1.807) is 6.29 Å². The molecule has 0 saturated heterocycles. The lowest BCUT2D eigenvalue weighted by Gasteiger charge is -2.05. The molecular weight excluding hydrogens is 178 g/mol. The molecule has 0 aromatic heterocycles. The SMILES string of the molecule is CCOc1ccc(C[C@@H](N)[C]=O)cc1. The first-order valence-corrected chi connectivity index (χ1v) is 4.61. The Kier molecular flexibility index (Phi) is 4.13. The molecule has 0 aliphatic heterocycles. The topological polar surface area (TPSA) is 52.3 Å². The van der Waals surface area contributed by atoms with Crippen LogP contribution in [0.5, 0.6) is 5.75 Å². The molecule has 1 aromatic carbocycles. The van der Waals surface area contributed by atoms with Crippen LogP contribution in [0.1, 0.15) is 12.5 Å². The zero-order chi connectivity index (χ0) is 10.4. The van der Waals surface area contributed by atoms with Gasteiger partial charge in [-0.2, -0.15) is 0 Å². The third-order valence-corrected chi connectivity index (χ3v) is 1.84. The van der Waals surface area contributed by atoms with E-state index in [2.05, 4.69) is 0 Å². The molecule has 1 aromatic rings. The van der Waals surface area contributed by atoms with E-state index in [0.29, 0.717) is 13.0 Å². The van der Waals surface area contributed by atoms with Gasteiger partial charge in [0.05, 0.1) is 12.6 Å². The standard InChI is InChI=1S/C11H14NO2/c1-2-14-11-5-3-9(4-6-11)7-10(12)8-13/h3-6,10H,2,7,12H2,1H3/t10-/m1/s1. The zero-order valence-corrected chi connectivity index (χ0v) is 8.19. The minimum atomic E-state index is -0.534. The summed E-state index contributed by atoms with van der Waals surface area (Å²) >= 11 is 0. The first kappa shape index (κ1) is 10.7. The maximum absolute atomic E-state index is 10.2. The zero-order valence-electron chi connectivity index (χ0n) is 8.19. The van der Waals surface area contributed by atoms with Crippen molar-refractivity contribution >= 4 is 6.29 Å². The Morgan fingerprint density at radius 1 is 1.43 bits per heavy atom. The summed E-state index contributed by atoms with van der Waals surface area (Å²) in [5.41, 5.74) is 6.46. The molecule has 0 bridgehead atoms. The van der Waals surface area contributed by atoms with Crippen LogP contribution in [-0.4, -0.2) is 18.9 Å². The van der Waals surface area contributed by atoms with Crippen molar-refractivity contribution in [3.63, 3.8) is 0 Å². The molecule has 0 spiro atoms. The van der Waals surface area contributed by atoms with Gasteiger partial charge in [0.25, 0.3) is 0 Å². The predicted molar refractivity (Wildman–Crippen MR) is 55.0 cm³/mol. The van der Waals surface area contributed by atoms with Gasteiger partial charge in [-0.3, -0.25) is 4.79 Å². The maximum Gasteiger partial charge on any atom is 0.217 e. The Balaban J connectivity index is 2.59. The Bertz CT molecular complexity index is 282. The van der Waals surface area contributed by atoms with E-state index in [0.717, 1.165) is 11.3 Å². The second kappa shape index (κ2) is 5.40. The van der Waals surface area contributed by atoms with E-state index in [4.69, 9.17) is 10.5 Å². The third-order valence-electron chi connectivity index (χ3n) is 1.84. The fraction of sp³-hybridized carbons (Fsp3) is 0.364. The molecule has 0 unspecified atom stereocenters. The molecule has 0 aliphatic carbocycles. The molecule has 1 radical (unpaired) electrons. The molecule has 0 heterocycles. The van der Waals surface area contributed by atoms with Gasteiger partial charge >= 0.3 is 0 Å². The summed E-state index contributed by atoms with van der Waals surface area (Å²) in [4.78, 5) is 10.2. The molecule has 1 rings (SSSR count). The summed E-state index contributed by atoms with van der Waals surface area (Å²) < 4.78 is 5.28. The Labute approximate surface area is 83.9 Å². The van der Waals surface area contributed by atoms with Crippen molar-refractivity contribution in [1.29, 1.82) is 0 Å². The van der Waals surface area contributed by atoms with Crippen molar-refractivity contribution in [3.05, 3.63) is 29.8 Å². The molecule has 0 aliphatic rings. The van der Waals surface area contributed by atoms with Gasteiger partial charge in [0.1, 0.15) is 5.75 Å². The average molecular weight is 192 g/mol. The summed E-state index contributed by atoms with van der Waals surface area (Å²) in [6, 6.07) is 7.02. The van der Waals surface area contributed by atoms with Crippen LogP contribution in [0.4, 0.5) is 0 Å². The monoisotopic (exact) mass is 192 g/mol. The number of hydrogen-bond donors (Lipinski definition) is 1. The van der Waals surface area contributed by atoms with Crippen LogP contribution < -0.4 is 10.5 Å². The second-order valence-electron chi connectivity index (χ2n) is 3.01. The van der Waals surface area contributed by atoms with E-state index < -0.39 is 6.04 Å². The lowest BCUT2D eigenvalue weighted by atomic mass is 10.1. The first-order chi connectivity index (χ1) is 6.76. The van der Waals surface area contributed by atoms with Crippen LogP contribution in [0, 0.1) is 0 Å². The fourth-order valence-corrected chi connectivity index (χ4v) is 1.18. The van der Waals surface area contributed by atoms with Gasteiger partial charge in [0, 0.05) is 0 Å². The number of nitrogens with two attached hydrogens (primary N) is 1. The summed E-state index contributed by atoms with van der Waals surface area (Å²) in [6.45, 7) is 2.59. The van der Waals surface area contributed by atoms with E-state index in [9.17, 15) is 4.79 Å².